The van der Waals surface area contributed by atoms with Gasteiger partial charge in [-0.25, -0.2) is 4.98 Å². The second-order valence-electron chi connectivity index (χ2n) is 6.07. The Bertz CT molecular complexity index is 880. The molecule has 1 saturated heterocycles. The van der Waals surface area contributed by atoms with Crippen LogP contribution in [0.25, 0.3) is 22.2 Å². The van der Waals surface area contributed by atoms with Gasteiger partial charge in [0.2, 0.25) is 0 Å². The summed E-state index contributed by atoms with van der Waals surface area (Å²) in [6.45, 7) is 3.93. The molecule has 0 spiro atoms. The quantitative estimate of drug-likeness (QED) is 0.707. The molecule has 128 valence electrons. The molecule has 1 aliphatic rings. The first-order valence-corrected chi connectivity index (χ1v) is 8.84. The summed E-state index contributed by atoms with van der Waals surface area (Å²) < 4.78 is 8.31. The molecule has 2 heterocycles. The molecule has 1 aromatic heterocycles. The van der Waals surface area contributed by atoms with E-state index in [1.165, 1.54) is 11.1 Å². The van der Waals surface area contributed by atoms with E-state index in [4.69, 9.17) is 9.72 Å². The molecule has 0 atom stereocenters. The maximum Gasteiger partial charge on any atom is 0.148 e. The molecule has 0 amide bonds. The Kier molecular flexibility index (Phi) is 4.83. The molecule has 0 saturated carbocycles. The third-order valence-corrected chi connectivity index (χ3v) is 4.57. The minimum absolute atomic E-state index is 0.728. The van der Waals surface area contributed by atoms with Gasteiger partial charge in [0, 0.05) is 19.6 Å². The zero-order chi connectivity index (χ0) is 17.1. The van der Waals surface area contributed by atoms with Gasteiger partial charge in [-0.15, -0.1) is 0 Å². The predicted molar refractivity (Wildman–Crippen MR) is 104 cm³/mol. The van der Waals surface area contributed by atoms with Crippen LogP contribution in [0.15, 0.2) is 48.7 Å². The number of ether oxygens (including phenoxy) is 1. The van der Waals surface area contributed by atoms with Crippen molar-refractivity contribution in [2.45, 2.75) is 6.54 Å². The highest BCUT2D eigenvalue weighted by atomic mass is 32.1. The minimum Gasteiger partial charge on any atom is -0.378 e. The van der Waals surface area contributed by atoms with Gasteiger partial charge >= 0.3 is 0 Å². The highest BCUT2D eigenvalue weighted by Crippen LogP contribution is 2.25. The van der Waals surface area contributed by atoms with Crippen molar-refractivity contribution >= 4 is 29.7 Å². The molecule has 0 bridgehead atoms. The number of benzene rings is 2. The number of anilines is 1. The average Bonchev–Trinajstić information content (AvgIpc) is 2.68. The summed E-state index contributed by atoms with van der Waals surface area (Å²) in [4.78, 5) is 11.6. The van der Waals surface area contributed by atoms with Gasteiger partial charge in [-0.1, -0.05) is 37.1 Å². The maximum atomic E-state index is 5.42. The number of morpholine rings is 1. The van der Waals surface area contributed by atoms with Crippen LogP contribution in [0.5, 0.6) is 0 Å². The van der Waals surface area contributed by atoms with E-state index >= 15 is 0 Å². The van der Waals surface area contributed by atoms with Crippen molar-refractivity contribution in [3.8, 4) is 11.1 Å². The summed E-state index contributed by atoms with van der Waals surface area (Å²) in [5.41, 5.74) is 5.33. The van der Waals surface area contributed by atoms with E-state index in [-0.39, 0.29) is 0 Å². The first-order chi connectivity index (χ1) is 12.3. The summed E-state index contributed by atoms with van der Waals surface area (Å²) in [7, 11) is 0. The number of nitrogens with one attached hydrogen (secondary N) is 1. The first-order valence-electron chi connectivity index (χ1n) is 8.39. The third kappa shape index (κ3) is 3.61. The normalized spacial score (nSPS) is 14.8. The molecule has 0 unspecified atom stereocenters. The van der Waals surface area contributed by atoms with Gasteiger partial charge in [0.1, 0.15) is 5.82 Å². The Morgan fingerprint density at radius 3 is 2.72 bits per heavy atom. The molecular weight excluding hydrogens is 332 g/mol. The van der Waals surface area contributed by atoms with Gasteiger partial charge in [-0.3, -0.25) is 9.71 Å². The van der Waals surface area contributed by atoms with Crippen molar-refractivity contribution in [1.82, 2.24) is 14.7 Å². The Hall–Kier alpha value is -2.15. The van der Waals surface area contributed by atoms with E-state index < -0.39 is 0 Å². The molecule has 2 aromatic carbocycles. The minimum atomic E-state index is 0.728. The van der Waals surface area contributed by atoms with Crippen LogP contribution in [0.2, 0.25) is 0 Å². The summed E-state index contributed by atoms with van der Waals surface area (Å²) in [5, 5.41) is 0. The number of rotatable bonds is 4. The smallest absolute Gasteiger partial charge is 0.148 e. The van der Waals surface area contributed by atoms with E-state index in [0.717, 1.165) is 55.3 Å². The van der Waals surface area contributed by atoms with E-state index in [1.807, 2.05) is 12.3 Å². The molecule has 0 aliphatic carbocycles. The standard InChI is InChI=1S/C19H20N4OS/c25-21-12-14-2-1-3-15(10-14)16-4-5-17-18(11-16)22-19(13-20-17)23-6-8-24-9-7-23/h1-5,10-11,13,21,25H,6-9,12H2. The van der Waals surface area contributed by atoms with E-state index in [0.29, 0.717) is 0 Å². The molecule has 3 aromatic rings. The lowest BCUT2D eigenvalue weighted by Gasteiger charge is -2.27. The van der Waals surface area contributed by atoms with Crippen LogP contribution in [0.1, 0.15) is 5.56 Å². The lowest BCUT2D eigenvalue weighted by Crippen LogP contribution is -2.36. The van der Waals surface area contributed by atoms with Crippen LogP contribution in [-0.2, 0) is 11.3 Å². The molecule has 1 N–H and O–H groups in total. The van der Waals surface area contributed by atoms with Crippen molar-refractivity contribution in [1.29, 1.82) is 0 Å². The van der Waals surface area contributed by atoms with Gasteiger partial charge in [-0.05, 0) is 34.9 Å². The van der Waals surface area contributed by atoms with E-state index in [9.17, 15) is 0 Å². The third-order valence-electron chi connectivity index (χ3n) is 4.41. The van der Waals surface area contributed by atoms with Crippen molar-refractivity contribution in [2.24, 2.45) is 0 Å². The van der Waals surface area contributed by atoms with Gasteiger partial charge in [0.25, 0.3) is 0 Å². The average molecular weight is 352 g/mol. The summed E-state index contributed by atoms with van der Waals surface area (Å²) in [5.74, 6) is 0.918. The number of fused-ring (bicyclic) bond motifs is 1. The Morgan fingerprint density at radius 2 is 1.88 bits per heavy atom. The Balaban J connectivity index is 1.69. The van der Waals surface area contributed by atoms with Gasteiger partial charge in [0.15, 0.2) is 0 Å². The van der Waals surface area contributed by atoms with Crippen LogP contribution in [0.4, 0.5) is 5.82 Å². The fraction of sp³-hybridized carbons (Fsp3) is 0.263. The highest BCUT2D eigenvalue weighted by molar-refractivity contribution is 7.78. The second-order valence-corrected chi connectivity index (χ2v) is 6.38. The highest BCUT2D eigenvalue weighted by Gasteiger charge is 2.13. The summed E-state index contributed by atoms with van der Waals surface area (Å²) >= 11 is 4.08. The molecule has 1 aliphatic heterocycles. The largest absolute Gasteiger partial charge is 0.378 e. The van der Waals surface area contributed by atoms with E-state index in [1.54, 1.807) is 0 Å². The lowest BCUT2D eigenvalue weighted by molar-refractivity contribution is 0.122. The number of thiol groups is 1. The van der Waals surface area contributed by atoms with Crippen molar-refractivity contribution < 1.29 is 4.74 Å². The maximum absolute atomic E-state index is 5.42. The fourth-order valence-corrected chi connectivity index (χ4v) is 3.26. The second kappa shape index (κ2) is 7.39. The van der Waals surface area contributed by atoms with Gasteiger partial charge in [0.05, 0.1) is 30.4 Å². The Morgan fingerprint density at radius 1 is 1.04 bits per heavy atom. The monoisotopic (exact) mass is 352 g/mol. The van der Waals surface area contributed by atoms with Gasteiger partial charge in [-0.2, -0.15) is 0 Å². The fourth-order valence-electron chi connectivity index (χ4n) is 3.08. The molecule has 5 nitrogen and oxygen atoms in total. The lowest BCUT2D eigenvalue weighted by atomic mass is 10.0. The molecular formula is C19H20N4OS. The predicted octanol–water partition coefficient (Wildman–Crippen LogP) is 3.07. The van der Waals surface area contributed by atoms with Crippen LogP contribution < -0.4 is 9.62 Å². The number of aromatic nitrogens is 2. The Labute approximate surface area is 152 Å². The molecule has 25 heavy (non-hydrogen) atoms. The molecule has 1 fully saturated rings. The number of hydrogen-bond acceptors (Lipinski definition) is 6. The SMILES string of the molecule is SNCc1cccc(-c2ccc3ncc(N4CCOCC4)nc3c2)c1. The van der Waals surface area contributed by atoms with Crippen LogP contribution >= 0.6 is 12.8 Å². The molecule has 6 heteroatoms. The molecule has 4 rings (SSSR count). The molecule has 0 radical (unpaired) electrons. The van der Waals surface area contributed by atoms with E-state index in [2.05, 4.69) is 63.8 Å². The van der Waals surface area contributed by atoms with Gasteiger partial charge < -0.3 is 9.64 Å². The van der Waals surface area contributed by atoms with Crippen LogP contribution in [0, 0.1) is 0 Å². The summed E-state index contributed by atoms with van der Waals surface area (Å²) in [6.07, 6.45) is 1.85. The zero-order valence-corrected chi connectivity index (χ0v) is 14.7. The number of hydrogen-bond donors (Lipinski definition) is 2. The number of nitrogens with zero attached hydrogens (tertiary/aromatic N) is 3. The summed E-state index contributed by atoms with van der Waals surface area (Å²) in [6, 6.07) is 14.7. The van der Waals surface area contributed by atoms with Crippen molar-refractivity contribution in [3.63, 3.8) is 0 Å². The van der Waals surface area contributed by atoms with Crippen LogP contribution in [0.3, 0.4) is 0 Å². The van der Waals surface area contributed by atoms with Crippen LogP contribution in [-0.4, -0.2) is 36.3 Å². The first kappa shape index (κ1) is 16.3. The van der Waals surface area contributed by atoms with Crippen molar-refractivity contribution in [3.05, 3.63) is 54.2 Å². The topological polar surface area (TPSA) is 50.3 Å². The zero-order valence-electron chi connectivity index (χ0n) is 13.9. The van der Waals surface area contributed by atoms with Crippen molar-refractivity contribution in [2.75, 3.05) is 31.2 Å².